The van der Waals surface area contributed by atoms with Gasteiger partial charge in [0.15, 0.2) is 5.78 Å². The molecule has 0 fully saturated rings. The van der Waals surface area contributed by atoms with E-state index in [9.17, 15) is 9.90 Å². The summed E-state index contributed by atoms with van der Waals surface area (Å²) in [5.74, 6) is 0.533. The third-order valence-corrected chi connectivity index (χ3v) is 3.68. The number of thioether (sulfide) groups is 1. The molecule has 6 nitrogen and oxygen atoms in total. The van der Waals surface area contributed by atoms with Crippen molar-refractivity contribution in [2.24, 2.45) is 5.73 Å². The molecule has 0 aliphatic rings. The third kappa shape index (κ3) is 8.89. The zero-order chi connectivity index (χ0) is 14.7. The minimum atomic E-state index is -1.30. The number of ketones is 1. The molecule has 0 rings (SSSR count). The standard InChI is InChI=1S/C13H28N2O3S.H2O/c1-3-4-5-7-15-11(6-8-19-2)13(18)12(17)10(14)9-16;/h10-12,15-17H,3-9,14H2,1-2H3;1H2. The van der Waals surface area contributed by atoms with Gasteiger partial charge in [0.1, 0.15) is 6.10 Å². The van der Waals surface area contributed by atoms with E-state index in [-0.39, 0.29) is 17.3 Å². The van der Waals surface area contributed by atoms with Crippen molar-refractivity contribution in [1.82, 2.24) is 5.32 Å². The summed E-state index contributed by atoms with van der Waals surface area (Å²) in [5.41, 5.74) is 5.51. The van der Waals surface area contributed by atoms with Gasteiger partial charge in [0.2, 0.25) is 0 Å². The van der Waals surface area contributed by atoms with Crippen molar-refractivity contribution in [3.8, 4) is 0 Å². The number of unbranched alkanes of at least 4 members (excludes halogenated alkanes) is 2. The Kier molecular flexibility index (Phi) is 15.2. The molecule has 0 amide bonds. The Labute approximate surface area is 125 Å². The van der Waals surface area contributed by atoms with Crippen LogP contribution in [0.3, 0.4) is 0 Å². The molecule has 0 aliphatic carbocycles. The Hall–Kier alpha value is -0.180. The minimum absolute atomic E-state index is 0. The van der Waals surface area contributed by atoms with Gasteiger partial charge in [0.25, 0.3) is 0 Å². The summed E-state index contributed by atoms with van der Waals surface area (Å²) >= 11 is 1.66. The maximum atomic E-state index is 12.1. The van der Waals surface area contributed by atoms with Gasteiger partial charge in [-0.25, -0.2) is 0 Å². The first-order chi connectivity index (χ1) is 9.08. The summed E-state index contributed by atoms with van der Waals surface area (Å²) in [6, 6.07) is -1.28. The summed E-state index contributed by atoms with van der Waals surface area (Å²) in [6.07, 6.45) is 4.62. The topological polar surface area (TPSA) is 127 Å². The molecule has 122 valence electrons. The number of nitrogens with one attached hydrogen (secondary N) is 1. The summed E-state index contributed by atoms with van der Waals surface area (Å²) in [6.45, 7) is 2.50. The second kappa shape index (κ2) is 13.8. The Morgan fingerprint density at radius 3 is 2.55 bits per heavy atom. The predicted molar refractivity (Wildman–Crippen MR) is 84.0 cm³/mol. The molecule has 3 atom stereocenters. The number of aliphatic hydroxyl groups is 2. The first kappa shape index (κ1) is 22.1. The number of carbonyl (C=O) groups is 1. The van der Waals surface area contributed by atoms with Crippen LogP contribution in [-0.4, -0.2) is 64.8 Å². The molecule has 0 aliphatic heterocycles. The maximum absolute atomic E-state index is 12.1. The Bertz CT molecular complexity index is 244. The van der Waals surface area contributed by atoms with Gasteiger partial charge in [-0.1, -0.05) is 19.8 Å². The lowest BCUT2D eigenvalue weighted by molar-refractivity contribution is -0.130. The number of rotatable bonds is 12. The molecule has 0 aromatic rings. The smallest absolute Gasteiger partial charge is 0.179 e. The third-order valence-electron chi connectivity index (χ3n) is 3.03. The molecule has 7 heteroatoms. The molecule has 0 saturated heterocycles. The molecular formula is C13H30N2O4S. The highest BCUT2D eigenvalue weighted by Gasteiger charge is 2.28. The van der Waals surface area contributed by atoms with Crippen molar-refractivity contribution in [1.29, 1.82) is 0 Å². The predicted octanol–water partition coefficient (Wildman–Crippen LogP) is -0.687. The monoisotopic (exact) mass is 310 g/mol. The van der Waals surface area contributed by atoms with E-state index in [4.69, 9.17) is 10.8 Å². The van der Waals surface area contributed by atoms with Crippen LogP contribution >= 0.6 is 11.8 Å². The first-order valence-corrected chi connectivity index (χ1v) is 8.28. The zero-order valence-electron chi connectivity index (χ0n) is 12.5. The molecule has 0 aromatic carbocycles. The Balaban J connectivity index is 0. The van der Waals surface area contributed by atoms with E-state index in [0.29, 0.717) is 6.42 Å². The van der Waals surface area contributed by atoms with Crippen LogP contribution in [0.1, 0.15) is 32.6 Å². The highest BCUT2D eigenvalue weighted by molar-refractivity contribution is 7.98. The molecule has 7 N–H and O–H groups in total. The van der Waals surface area contributed by atoms with Crippen LogP contribution in [0.25, 0.3) is 0 Å². The molecule has 0 spiro atoms. The fourth-order valence-corrected chi connectivity index (χ4v) is 2.22. The van der Waals surface area contributed by atoms with Gasteiger partial charge in [-0.3, -0.25) is 4.79 Å². The molecule has 0 bridgehead atoms. The molecule has 3 unspecified atom stereocenters. The second-order valence-corrected chi connectivity index (χ2v) is 5.67. The molecule has 0 radical (unpaired) electrons. The fraction of sp³-hybridized carbons (Fsp3) is 0.923. The maximum Gasteiger partial charge on any atom is 0.179 e. The van der Waals surface area contributed by atoms with E-state index in [1.807, 2.05) is 6.26 Å². The second-order valence-electron chi connectivity index (χ2n) is 4.69. The van der Waals surface area contributed by atoms with E-state index in [1.165, 1.54) is 0 Å². The Morgan fingerprint density at radius 2 is 2.05 bits per heavy atom. The summed E-state index contributed by atoms with van der Waals surface area (Å²) < 4.78 is 0. The average Bonchev–Trinajstić information content (AvgIpc) is 2.44. The van der Waals surface area contributed by atoms with Gasteiger partial charge in [-0.2, -0.15) is 11.8 Å². The van der Waals surface area contributed by atoms with E-state index >= 15 is 0 Å². The molecule has 0 heterocycles. The van der Waals surface area contributed by atoms with Crippen LogP contribution in [0, 0.1) is 0 Å². The normalized spacial score (nSPS) is 15.2. The number of hydrogen-bond acceptors (Lipinski definition) is 6. The number of aliphatic hydroxyl groups excluding tert-OH is 2. The van der Waals surface area contributed by atoms with Gasteiger partial charge in [-0.15, -0.1) is 0 Å². The average molecular weight is 310 g/mol. The van der Waals surface area contributed by atoms with Crippen LogP contribution in [0.15, 0.2) is 0 Å². The van der Waals surface area contributed by atoms with Crippen molar-refractivity contribution in [3.05, 3.63) is 0 Å². The first-order valence-electron chi connectivity index (χ1n) is 6.89. The van der Waals surface area contributed by atoms with Crippen LogP contribution in [0.5, 0.6) is 0 Å². The van der Waals surface area contributed by atoms with Crippen LogP contribution in [-0.2, 0) is 4.79 Å². The lowest BCUT2D eigenvalue weighted by Gasteiger charge is -2.23. The molecule has 20 heavy (non-hydrogen) atoms. The molecular weight excluding hydrogens is 280 g/mol. The van der Waals surface area contributed by atoms with E-state index < -0.39 is 18.8 Å². The van der Waals surface area contributed by atoms with Gasteiger partial charge in [0.05, 0.1) is 18.7 Å². The highest BCUT2D eigenvalue weighted by atomic mass is 32.2. The van der Waals surface area contributed by atoms with Crippen LogP contribution in [0.2, 0.25) is 0 Å². The van der Waals surface area contributed by atoms with Gasteiger partial charge in [0, 0.05) is 0 Å². The number of Topliss-reactive ketones (excluding diaryl/α,β-unsaturated/α-hetero) is 1. The van der Waals surface area contributed by atoms with Crippen molar-refractivity contribution in [2.75, 3.05) is 25.2 Å². The van der Waals surface area contributed by atoms with Gasteiger partial charge in [-0.05, 0) is 31.4 Å². The SMILES string of the molecule is CCCCCNC(CCSC)C(=O)C(O)C(N)CO.O. The van der Waals surface area contributed by atoms with Gasteiger partial charge < -0.3 is 26.7 Å². The fourth-order valence-electron chi connectivity index (χ4n) is 1.75. The van der Waals surface area contributed by atoms with Crippen molar-refractivity contribution >= 4 is 17.5 Å². The summed E-state index contributed by atoms with van der Waals surface area (Å²) in [7, 11) is 0. The molecule has 0 saturated carbocycles. The zero-order valence-corrected chi connectivity index (χ0v) is 13.3. The lowest BCUT2D eigenvalue weighted by atomic mass is 10.00. The van der Waals surface area contributed by atoms with Gasteiger partial charge >= 0.3 is 0 Å². The van der Waals surface area contributed by atoms with Crippen molar-refractivity contribution in [3.63, 3.8) is 0 Å². The van der Waals surface area contributed by atoms with Crippen LogP contribution in [0.4, 0.5) is 0 Å². The largest absolute Gasteiger partial charge is 0.412 e. The van der Waals surface area contributed by atoms with Crippen LogP contribution < -0.4 is 11.1 Å². The van der Waals surface area contributed by atoms with E-state index in [2.05, 4.69) is 12.2 Å². The van der Waals surface area contributed by atoms with Crippen molar-refractivity contribution in [2.45, 2.75) is 50.8 Å². The Morgan fingerprint density at radius 1 is 1.40 bits per heavy atom. The van der Waals surface area contributed by atoms with Crippen molar-refractivity contribution < 1.29 is 20.5 Å². The number of carbonyl (C=O) groups excluding carboxylic acids is 1. The molecule has 0 aromatic heterocycles. The van der Waals surface area contributed by atoms with E-state index in [0.717, 1.165) is 31.6 Å². The highest BCUT2D eigenvalue weighted by Crippen LogP contribution is 2.06. The van der Waals surface area contributed by atoms with E-state index in [1.54, 1.807) is 11.8 Å². The minimum Gasteiger partial charge on any atom is -0.412 e. The summed E-state index contributed by atoms with van der Waals surface area (Å²) in [4.78, 5) is 12.1. The number of nitrogens with two attached hydrogens (primary N) is 1. The lowest BCUT2D eigenvalue weighted by Crippen LogP contribution is -2.51. The quantitative estimate of drug-likeness (QED) is 0.353. The summed E-state index contributed by atoms with van der Waals surface area (Å²) in [5, 5.41) is 21.9. The number of hydrogen-bond donors (Lipinski definition) is 4.